The topological polar surface area (TPSA) is 20.2 Å². The second-order valence-electron chi connectivity index (χ2n) is 6.13. The average molecular weight is 267 g/mol. The summed E-state index contributed by atoms with van der Waals surface area (Å²) in [6, 6.07) is 3.81. The normalized spacial score (nSPS) is 28.6. The van der Waals surface area contributed by atoms with Gasteiger partial charge in [0, 0.05) is 12.0 Å². The zero-order valence-corrected chi connectivity index (χ0v) is 13.7. The maximum atomic E-state index is 9.57. The predicted octanol–water partition coefficient (Wildman–Crippen LogP) is 4.23. The van der Waals surface area contributed by atoms with Crippen molar-refractivity contribution in [3.05, 3.63) is 0 Å². The molecule has 0 aromatic heterocycles. The van der Waals surface area contributed by atoms with Crippen molar-refractivity contribution in [2.75, 3.05) is 6.61 Å². The first-order valence-corrected chi connectivity index (χ1v) is 10.3. The van der Waals surface area contributed by atoms with E-state index in [0.29, 0.717) is 12.5 Å². The largest absolute Gasteiger partial charge is 0.396 e. The zero-order valence-electron chi connectivity index (χ0n) is 12.7. The second-order valence-corrected chi connectivity index (χ2v) is 11.1. The smallest absolute Gasteiger partial charge is 0.137 e. The summed E-state index contributed by atoms with van der Waals surface area (Å²) >= 11 is 0. The minimum atomic E-state index is -1.33. The summed E-state index contributed by atoms with van der Waals surface area (Å²) in [5.41, 5.74) is 3.81. The van der Waals surface area contributed by atoms with Crippen LogP contribution in [0.25, 0.3) is 0 Å². The Labute approximate surface area is 114 Å². The molecule has 0 saturated heterocycles. The number of hydrogen-bond acceptors (Lipinski definition) is 1. The predicted molar refractivity (Wildman–Crippen MR) is 82.1 cm³/mol. The van der Waals surface area contributed by atoms with Crippen LogP contribution in [0.3, 0.4) is 0 Å². The van der Waals surface area contributed by atoms with Gasteiger partial charge in [-0.2, -0.15) is 0 Å². The SMILES string of the molecule is CC[Si](C#C[C@]1(C)CCCC[C@@H]1CO)(CC)CC. The molecule has 0 aromatic carbocycles. The van der Waals surface area contributed by atoms with Gasteiger partial charge in [-0.3, -0.25) is 0 Å². The van der Waals surface area contributed by atoms with Gasteiger partial charge in [-0.25, -0.2) is 0 Å². The van der Waals surface area contributed by atoms with Gasteiger partial charge in [0.25, 0.3) is 0 Å². The Morgan fingerprint density at radius 1 is 1.17 bits per heavy atom. The van der Waals surface area contributed by atoms with Gasteiger partial charge >= 0.3 is 0 Å². The monoisotopic (exact) mass is 266 g/mol. The van der Waals surface area contributed by atoms with Crippen molar-refractivity contribution < 1.29 is 5.11 Å². The fourth-order valence-corrected chi connectivity index (χ4v) is 5.73. The first-order valence-electron chi connectivity index (χ1n) is 7.71. The van der Waals surface area contributed by atoms with Gasteiger partial charge < -0.3 is 5.11 Å². The lowest BCUT2D eigenvalue weighted by Gasteiger charge is -2.37. The Morgan fingerprint density at radius 2 is 1.78 bits per heavy atom. The van der Waals surface area contributed by atoms with E-state index in [1.54, 1.807) is 0 Å². The third kappa shape index (κ3) is 3.39. The molecule has 1 rings (SSSR count). The molecule has 0 radical (unpaired) electrons. The lowest BCUT2D eigenvalue weighted by molar-refractivity contribution is 0.103. The minimum absolute atomic E-state index is 0.0742. The van der Waals surface area contributed by atoms with Crippen LogP contribution in [0.1, 0.15) is 53.4 Å². The molecule has 1 N–H and O–H groups in total. The number of aliphatic hydroxyl groups is 1. The Kier molecular flexibility index (Phi) is 5.94. The van der Waals surface area contributed by atoms with E-state index >= 15 is 0 Å². The molecule has 0 aromatic rings. The van der Waals surface area contributed by atoms with Crippen molar-refractivity contribution in [2.45, 2.75) is 71.5 Å². The highest BCUT2D eigenvalue weighted by atomic mass is 28.3. The van der Waals surface area contributed by atoms with Crippen molar-refractivity contribution in [3.8, 4) is 11.5 Å². The van der Waals surface area contributed by atoms with Gasteiger partial charge in [-0.1, -0.05) is 33.6 Å². The molecule has 18 heavy (non-hydrogen) atoms. The van der Waals surface area contributed by atoms with Crippen molar-refractivity contribution in [3.63, 3.8) is 0 Å². The van der Waals surface area contributed by atoms with Crippen molar-refractivity contribution in [2.24, 2.45) is 11.3 Å². The first-order chi connectivity index (χ1) is 8.55. The third-order valence-corrected chi connectivity index (χ3v) is 9.98. The van der Waals surface area contributed by atoms with E-state index in [-0.39, 0.29) is 5.41 Å². The summed E-state index contributed by atoms with van der Waals surface area (Å²) < 4.78 is 0. The Bertz CT molecular complexity index is 303. The van der Waals surface area contributed by atoms with Crippen LogP contribution in [0.2, 0.25) is 18.1 Å². The number of rotatable bonds is 4. The molecule has 0 aliphatic heterocycles. The van der Waals surface area contributed by atoms with E-state index in [4.69, 9.17) is 0 Å². The highest BCUT2D eigenvalue weighted by Gasteiger charge is 2.35. The third-order valence-electron chi connectivity index (χ3n) is 5.26. The van der Waals surface area contributed by atoms with E-state index in [2.05, 4.69) is 39.2 Å². The summed E-state index contributed by atoms with van der Waals surface area (Å²) in [6.45, 7) is 9.51. The molecule has 1 nitrogen and oxygen atoms in total. The first kappa shape index (κ1) is 15.8. The Balaban J connectivity index is 2.92. The van der Waals surface area contributed by atoms with E-state index < -0.39 is 8.07 Å². The molecule has 1 fully saturated rings. The van der Waals surface area contributed by atoms with Crippen LogP contribution < -0.4 is 0 Å². The fourth-order valence-electron chi connectivity index (χ4n) is 3.15. The zero-order chi connectivity index (χ0) is 13.6. The highest BCUT2D eigenvalue weighted by molar-refractivity contribution is 6.87. The molecule has 0 heterocycles. The second kappa shape index (κ2) is 6.77. The molecule has 1 aliphatic rings. The summed E-state index contributed by atoms with van der Waals surface area (Å²) in [5, 5.41) is 9.57. The molecule has 0 amide bonds. The van der Waals surface area contributed by atoms with Crippen LogP contribution in [0.15, 0.2) is 0 Å². The standard InChI is InChI=1S/C16H30OSi/c1-5-18(6-2,7-3)13-12-16(4)11-9-8-10-15(16)14-17/h15,17H,5-11,14H2,1-4H3/t15-,16+/m1/s1. The van der Waals surface area contributed by atoms with Gasteiger partial charge in [-0.15, -0.1) is 11.5 Å². The van der Waals surface area contributed by atoms with Crippen LogP contribution in [0.4, 0.5) is 0 Å². The van der Waals surface area contributed by atoms with Crippen LogP contribution in [0, 0.1) is 22.8 Å². The van der Waals surface area contributed by atoms with Crippen molar-refractivity contribution >= 4 is 8.07 Å². The van der Waals surface area contributed by atoms with Gasteiger partial charge in [0.2, 0.25) is 0 Å². The lowest BCUT2D eigenvalue weighted by Crippen LogP contribution is -2.34. The molecule has 0 spiro atoms. The molecular formula is C16H30OSi. The van der Waals surface area contributed by atoms with Crippen molar-refractivity contribution in [1.29, 1.82) is 0 Å². The van der Waals surface area contributed by atoms with Gasteiger partial charge in [-0.05, 0) is 43.8 Å². The van der Waals surface area contributed by atoms with E-state index in [1.165, 1.54) is 37.4 Å². The summed E-state index contributed by atoms with van der Waals surface area (Å²) in [7, 11) is -1.33. The van der Waals surface area contributed by atoms with Gasteiger partial charge in [0.1, 0.15) is 8.07 Å². The van der Waals surface area contributed by atoms with Crippen LogP contribution in [0.5, 0.6) is 0 Å². The number of aliphatic hydroxyl groups excluding tert-OH is 1. The summed E-state index contributed by atoms with van der Waals surface area (Å²) in [5.74, 6) is 4.04. The highest BCUT2D eigenvalue weighted by Crippen LogP contribution is 2.40. The average Bonchev–Trinajstić information content (AvgIpc) is 2.41. The lowest BCUT2D eigenvalue weighted by atomic mass is 9.68. The molecular weight excluding hydrogens is 236 g/mol. The summed E-state index contributed by atoms with van der Waals surface area (Å²) in [6.07, 6.45) is 4.87. The maximum absolute atomic E-state index is 9.57. The maximum Gasteiger partial charge on any atom is 0.137 e. The van der Waals surface area contributed by atoms with Crippen LogP contribution in [-0.2, 0) is 0 Å². The molecule has 0 unspecified atom stereocenters. The minimum Gasteiger partial charge on any atom is -0.396 e. The molecule has 2 atom stereocenters. The Hall–Kier alpha value is -0.263. The Morgan fingerprint density at radius 3 is 2.28 bits per heavy atom. The molecule has 1 aliphatic carbocycles. The van der Waals surface area contributed by atoms with E-state index in [0.717, 1.165) is 6.42 Å². The molecule has 1 saturated carbocycles. The van der Waals surface area contributed by atoms with Gasteiger partial charge in [0.05, 0.1) is 0 Å². The fraction of sp³-hybridized carbons (Fsp3) is 0.875. The van der Waals surface area contributed by atoms with E-state index in [1.807, 2.05) is 0 Å². The summed E-state index contributed by atoms with van der Waals surface area (Å²) in [4.78, 5) is 0. The van der Waals surface area contributed by atoms with Gasteiger partial charge in [0.15, 0.2) is 0 Å². The molecule has 104 valence electrons. The quantitative estimate of drug-likeness (QED) is 0.596. The molecule has 0 bridgehead atoms. The van der Waals surface area contributed by atoms with Crippen molar-refractivity contribution in [1.82, 2.24) is 0 Å². The van der Waals surface area contributed by atoms with Crippen LogP contribution >= 0.6 is 0 Å². The van der Waals surface area contributed by atoms with Crippen LogP contribution in [-0.4, -0.2) is 19.8 Å². The molecule has 2 heteroatoms. The number of hydrogen-bond donors (Lipinski definition) is 1. The van der Waals surface area contributed by atoms with E-state index in [9.17, 15) is 5.11 Å².